The van der Waals surface area contributed by atoms with Crippen molar-refractivity contribution in [1.82, 2.24) is 0 Å². The fourth-order valence-corrected chi connectivity index (χ4v) is 4.17. The van der Waals surface area contributed by atoms with Gasteiger partial charge in [-0.05, 0) is 50.3 Å². The minimum atomic E-state index is -0.712. The zero-order valence-corrected chi connectivity index (χ0v) is 20.0. The molecule has 2 rings (SSSR count). The third kappa shape index (κ3) is 6.99. The number of methoxy groups -OCH3 is 1. The first-order chi connectivity index (χ1) is 15.3. The summed E-state index contributed by atoms with van der Waals surface area (Å²) in [5.41, 5.74) is 1.27. The van der Waals surface area contributed by atoms with E-state index >= 15 is 0 Å². The van der Waals surface area contributed by atoms with E-state index < -0.39 is 11.4 Å². The zero-order valence-electron chi connectivity index (χ0n) is 20.0. The van der Waals surface area contributed by atoms with Crippen molar-refractivity contribution in [2.75, 3.05) is 20.3 Å². The number of hydrogen-bond acceptors (Lipinski definition) is 6. The highest BCUT2D eigenvalue weighted by Gasteiger charge is 2.51. The maximum Gasteiger partial charge on any atom is 0.168 e. The van der Waals surface area contributed by atoms with Gasteiger partial charge in [-0.1, -0.05) is 38.1 Å². The molecule has 178 valence electrons. The standard InChI is InChI=1S/C26H38O6/c1-6-26(7-2)31-19-25(4,32-26)23(24(28)9-8-16-27)15-10-20(3)17-30-18-21-11-13-22(29-5)14-12-21/h11-14,16,23H,3,6-10,15,17-19H2,1-2,4-5H3/t23-,25-/m1/s1. The Hall–Kier alpha value is -2.02. The topological polar surface area (TPSA) is 71.1 Å². The molecule has 0 spiro atoms. The van der Waals surface area contributed by atoms with Gasteiger partial charge >= 0.3 is 0 Å². The smallest absolute Gasteiger partial charge is 0.168 e. The molecular formula is C26H38O6. The van der Waals surface area contributed by atoms with Crippen LogP contribution >= 0.6 is 0 Å². The first-order valence-corrected chi connectivity index (χ1v) is 11.5. The molecule has 6 heteroatoms. The fourth-order valence-electron chi connectivity index (χ4n) is 4.17. The van der Waals surface area contributed by atoms with Gasteiger partial charge in [0.05, 0.1) is 26.9 Å². The van der Waals surface area contributed by atoms with Crippen LogP contribution in [0.4, 0.5) is 0 Å². The van der Waals surface area contributed by atoms with Gasteiger partial charge in [0.15, 0.2) is 5.79 Å². The van der Waals surface area contributed by atoms with E-state index in [9.17, 15) is 9.59 Å². The number of aldehydes is 1. The van der Waals surface area contributed by atoms with Gasteiger partial charge in [-0.15, -0.1) is 0 Å². The lowest BCUT2D eigenvalue weighted by atomic mass is 9.80. The zero-order chi connectivity index (χ0) is 23.6. The summed E-state index contributed by atoms with van der Waals surface area (Å²) in [5.74, 6) is -0.152. The molecule has 1 aliphatic rings. The summed E-state index contributed by atoms with van der Waals surface area (Å²) in [7, 11) is 1.64. The van der Waals surface area contributed by atoms with Crippen LogP contribution in [-0.2, 0) is 30.4 Å². The maximum absolute atomic E-state index is 13.0. The Morgan fingerprint density at radius 1 is 1.22 bits per heavy atom. The van der Waals surface area contributed by atoms with E-state index in [0.717, 1.165) is 36.0 Å². The van der Waals surface area contributed by atoms with E-state index in [1.54, 1.807) is 7.11 Å². The number of carbonyl (C=O) groups excluding carboxylic acids is 2. The molecule has 1 aromatic rings. The van der Waals surface area contributed by atoms with Crippen molar-refractivity contribution < 1.29 is 28.5 Å². The number of hydrogen-bond donors (Lipinski definition) is 0. The Balaban J connectivity index is 1.93. The van der Waals surface area contributed by atoms with Crippen LogP contribution in [0.2, 0.25) is 0 Å². The van der Waals surface area contributed by atoms with Crippen LogP contribution in [0.3, 0.4) is 0 Å². The van der Waals surface area contributed by atoms with Crippen molar-refractivity contribution in [3.8, 4) is 5.75 Å². The Morgan fingerprint density at radius 3 is 2.47 bits per heavy atom. The Bertz CT molecular complexity index is 752. The molecule has 1 fully saturated rings. The van der Waals surface area contributed by atoms with Crippen LogP contribution in [0.25, 0.3) is 0 Å². The molecule has 6 nitrogen and oxygen atoms in total. The molecule has 0 unspecified atom stereocenters. The minimum absolute atomic E-state index is 0.0400. The highest BCUT2D eigenvalue weighted by Crippen LogP contribution is 2.42. The molecule has 1 heterocycles. The van der Waals surface area contributed by atoms with Crippen LogP contribution in [0.1, 0.15) is 64.9 Å². The highest BCUT2D eigenvalue weighted by atomic mass is 16.8. The highest BCUT2D eigenvalue weighted by molar-refractivity contribution is 5.83. The summed E-state index contributed by atoms with van der Waals surface area (Å²) in [6.45, 7) is 11.4. The van der Waals surface area contributed by atoms with Gasteiger partial charge in [0.1, 0.15) is 23.4 Å². The van der Waals surface area contributed by atoms with Gasteiger partial charge in [-0.2, -0.15) is 0 Å². The third-order valence-corrected chi connectivity index (χ3v) is 6.27. The van der Waals surface area contributed by atoms with E-state index in [-0.39, 0.29) is 24.5 Å². The Kier molecular flexibility index (Phi) is 10.1. The molecule has 0 aromatic heterocycles. The SMILES string of the molecule is C=C(CC[C@H](C(=O)CCC=O)[C@@]1(C)COC(CC)(CC)O1)COCc1ccc(OC)cc1. The Labute approximate surface area is 192 Å². The molecule has 0 radical (unpaired) electrons. The summed E-state index contributed by atoms with van der Waals surface area (Å²) < 4.78 is 23.4. The lowest BCUT2D eigenvalue weighted by Crippen LogP contribution is -2.44. The molecule has 32 heavy (non-hydrogen) atoms. The van der Waals surface area contributed by atoms with Crippen molar-refractivity contribution in [3.63, 3.8) is 0 Å². The number of ketones is 1. The van der Waals surface area contributed by atoms with Crippen LogP contribution in [-0.4, -0.2) is 43.8 Å². The van der Waals surface area contributed by atoms with E-state index in [1.807, 2.05) is 45.0 Å². The maximum atomic E-state index is 13.0. The van der Waals surface area contributed by atoms with E-state index in [4.69, 9.17) is 18.9 Å². The van der Waals surface area contributed by atoms with Crippen LogP contribution in [0.15, 0.2) is 36.4 Å². The fraction of sp³-hybridized carbons (Fsp3) is 0.615. The van der Waals surface area contributed by atoms with Gasteiger partial charge < -0.3 is 23.7 Å². The molecule has 0 N–H and O–H groups in total. The molecule has 0 saturated carbocycles. The average Bonchev–Trinajstić information content (AvgIpc) is 3.16. The largest absolute Gasteiger partial charge is 0.497 e. The van der Waals surface area contributed by atoms with E-state index in [0.29, 0.717) is 32.7 Å². The number of Topliss-reactive ketones (excluding diaryl/α,β-unsaturated/α-hetero) is 1. The molecule has 0 bridgehead atoms. The van der Waals surface area contributed by atoms with Crippen molar-refractivity contribution >= 4 is 12.1 Å². The first kappa shape index (κ1) is 26.2. The van der Waals surface area contributed by atoms with E-state index in [1.165, 1.54) is 0 Å². The molecule has 1 saturated heterocycles. The molecule has 0 aliphatic carbocycles. The van der Waals surface area contributed by atoms with Crippen LogP contribution in [0.5, 0.6) is 5.75 Å². The summed E-state index contributed by atoms with van der Waals surface area (Å²) in [5, 5.41) is 0. The lowest BCUT2D eigenvalue weighted by molar-refractivity contribution is -0.197. The number of rotatable bonds is 15. The van der Waals surface area contributed by atoms with Gasteiger partial charge in [0.2, 0.25) is 0 Å². The predicted molar refractivity (Wildman–Crippen MR) is 124 cm³/mol. The van der Waals surface area contributed by atoms with Gasteiger partial charge in [-0.3, -0.25) is 4.79 Å². The van der Waals surface area contributed by atoms with E-state index in [2.05, 4.69) is 6.58 Å². The van der Waals surface area contributed by atoms with Gasteiger partial charge in [0, 0.05) is 18.8 Å². The summed E-state index contributed by atoms with van der Waals surface area (Å²) in [6.07, 6.45) is 3.91. The van der Waals surface area contributed by atoms with Crippen LogP contribution < -0.4 is 4.74 Å². The molecule has 0 amide bonds. The minimum Gasteiger partial charge on any atom is -0.497 e. The average molecular weight is 447 g/mol. The molecule has 1 aliphatic heterocycles. The van der Waals surface area contributed by atoms with Crippen molar-refractivity contribution in [2.45, 2.75) is 77.3 Å². The van der Waals surface area contributed by atoms with Crippen molar-refractivity contribution in [2.24, 2.45) is 5.92 Å². The number of benzene rings is 1. The van der Waals surface area contributed by atoms with Crippen molar-refractivity contribution in [3.05, 3.63) is 42.0 Å². The second-order valence-corrected chi connectivity index (χ2v) is 8.67. The summed E-state index contributed by atoms with van der Waals surface area (Å²) in [6, 6.07) is 7.74. The first-order valence-electron chi connectivity index (χ1n) is 11.5. The monoisotopic (exact) mass is 446 g/mol. The molecular weight excluding hydrogens is 408 g/mol. The van der Waals surface area contributed by atoms with Gasteiger partial charge in [-0.25, -0.2) is 0 Å². The number of ether oxygens (including phenoxy) is 4. The van der Waals surface area contributed by atoms with Crippen molar-refractivity contribution in [1.29, 1.82) is 0 Å². The van der Waals surface area contributed by atoms with Crippen LogP contribution in [0, 0.1) is 5.92 Å². The second kappa shape index (κ2) is 12.3. The lowest BCUT2D eigenvalue weighted by Gasteiger charge is -2.34. The molecule has 1 aromatic carbocycles. The Morgan fingerprint density at radius 2 is 1.91 bits per heavy atom. The second-order valence-electron chi connectivity index (χ2n) is 8.67. The van der Waals surface area contributed by atoms with Gasteiger partial charge in [0.25, 0.3) is 0 Å². The quantitative estimate of drug-likeness (QED) is 0.278. The normalized spacial score (nSPS) is 20.6. The summed E-state index contributed by atoms with van der Waals surface area (Å²) >= 11 is 0. The summed E-state index contributed by atoms with van der Waals surface area (Å²) in [4.78, 5) is 23.8. The number of carbonyl (C=O) groups is 2. The third-order valence-electron chi connectivity index (χ3n) is 6.27. The molecule has 2 atom stereocenters. The predicted octanol–water partition coefficient (Wildman–Crippen LogP) is 5.03.